The van der Waals surface area contributed by atoms with E-state index in [0.29, 0.717) is 13.0 Å². The van der Waals surface area contributed by atoms with Crippen LogP contribution in [0.1, 0.15) is 19.8 Å². The van der Waals surface area contributed by atoms with Crippen LogP contribution < -0.4 is 5.32 Å². The molecule has 0 saturated carbocycles. The van der Waals surface area contributed by atoms with Crippen molar-refractivity contribution in [3.63, 3.8) is 0 Å². The monoisotopic (exact) mass is 181 g/mol. The Morgan fingerprint density at radius 1 is 1.77 bits per heavy atom. The number of nitrogens with one attached hydrogen (secondary N) is 1. The van der Waals surface area contributed by atoms with E-state index in [4.69, 9.17) is 5.26 Å². The van der Waals surface area contributed by atoms with Crippen LogP contribution in [0.3, 0.4) is 0 Å². The van der Waals surface area contributed by atoms with E-state index in [1.54, 1.807) is 11.9 Å². The zero-order valence-corrected chi connectivity index (χ0v) is 8.13. The minimum absolute atomic E-state index is 0.0700. The van der Waals surface area contributed by atoms with E-state index in [1.807, 2.05) is 6.92 Å². The van der Waals surface area contributed by atoms with Crippen molar-refractivity contribution in [3.05, 3.63) is 0 Å². The van der Waals surface area contributed by atoms with E-state index in [9.17, 15) is 4.79 Å². The summed E-state index contributed by atoms with van der Waals surface area (Å²) in [5.41, 5.74) is -0.949. The van der Waals surface area contributed by atoms with Gasteiger partial charge >= 0.3 is 0 Å². The number of hydrogen-bond donors (Lipinski definition) is 1. The second-order valence-corrected chi connectivity index (χ2v) is 3.31. The van der Waals surface area contributed by atoms with Crippen molar-refractivity contribution < 1.29 is 4.79 Å². The highest BCUT2D eigenvalue weighted by atomic mass is 16.2. The molecule has 1 amide bonds. The average molecular weight is 181 g/mol. The van der Waals surface area contributed by atoms with Crippen LogP contribution in [-0.4, -0.2) is 36.5 Å². The van der Waals surface area contributed by atoms with Gasteiger partial charge in [-0.2, -0.15) is 5.26 Å². The van der Waals surface area contributed by atoms with Crippen LogP contribution in [0.25, 0.3) is 0 Å². The minimum Gasteiger partial charge on any atom is -0.340 e. The second kappa shape index (κ2) is 3.75. The Kier molecular flexibility index (Phi) is 2.89. The van der Waals surface area contributed by atoms with Crippen LogP contribution >= 0.6 is 0 Å². The van der Waals surface area contributed by atoms with Gasteiger partial charge in [0.05, 0.1) is 6.07 Å². The Balaban J connectivity index is 2.75. The summed E-state index contributed by atoms with van der Waals surface area (Å²) in [4.78, 5) is 13.5. The fourth-order valence-electron chi connectivity index (χ4n) is 1.66. The topological polar surface area (TPSA) is 56.1 Å². The van der Waals surface area contributed by atoms with Crippen LogP contribution in [0.4, 0.5) is 0 Å². The van der Waals surface area contributed by atoms with Gasteiger partial charge in [0, 0.05) is 19.5 Å². The molecule has 0 aliphatic carbocycles. The molecule has 1 aliphatic rings. The summed E-state index contributed by atoms with van der Waals surface area (Å²) in [6.45, 7) is 3.48. The Bertz CT molecular complexity index is 246. The van der Waals surface area contributed by atoms with Crippen molar-refractivity contribution in [2.75, 3.05) is 20.1 Å². The summed E-state index contributed by atoms with van der Waals surface area (Å²) >= 11 is 0. The van der Waals surface area contributed by atoms with Gasteiger partial charge in [-0.3, -0.25) is 10.1 Å². The molecule has 1 N–H and O–H groups in total. The van der Waals surface area contributed by atoms with Crippen molar-refractivity contribution in [2.24, 2.45) is 0 Å². The summed E-state index contributed by atoms with van der Waals surface area (Å²) in [7, 11) is 1.66. The molecule has 0 aromatic rings. The number of amides is 1. The van der Waals surface area contributed by atoms with Crippen LogP contribution in [0.2, 0.25) is 0 Å². The fourth-order valence-corrected chi connectivity index (χ4v) is 1.66. The molecule has 1 heterocycles. The molecular weight excluding hydrogens is 166 g/mol. The number of carbonyl (C=O) groups is 1. The van der Waals surface area contributed by atoms with Crippen molar-refractivity contribution in [2.45, 2.75) is 25.3 Å². The van der Waals surface area contributed by atoms with Gasteiger partial charge in [-0.05, 0) is 13.5 Å². The highest BCUT2D eigenvalue weighted by Gasteiger charge is 2.45. The lowest BCUT2D eigenvalue weighted by Gasteiger charge is -2.19. The zero-order chi connectivity index (χ0) is 9.90. The van der Waals surface area contributed by atoms with Crippen molar-refractivity contribution >= 4 is 5.91 Å². The van der Waals surface area contributed by atoms with Crippen LogP contribution in [0.5, 0.6) is 0 Å². The maximum Gasteiger partial charge on any atom is 0.257 e. The largest absolute Gasteiger partial charge is 0.340 e. The van der Waals surface area contributed by atoms with Gasteiger partial charge in [0.15, 0.2) is 5.54 Å². The first-order chi connectivity index (χ1) is 6.20. The zero-order valence-electron chi connectivity index (χ0n) is 8.13. The number of nitriles is 1. The summed E-state index contributed by atoms with van der Waals surface area (Å²) in [5.74, 6) is -0.0700. The van der Waals surface area contributed by atoms with Crippen LogP contribution in [0, 0.1) is 11.3 Å². The van der Waals surface area contributed by atoms with Gasteiger partial charge in [-0.1, -0.05) is 6.92 Å². The molecule has 0 spiro atoms. The smallest absolute Gasteiger partial charge is 0.257 e. The summed E-state index contributed by atoms with van der Waals surface area (Å²) in [6.07, 6.45) is 1.54. The van der Waals surface area contributed by atoms with Crippen LogP contribution in [0.15, 0.2) is 0 Å². The maximum absolute atomic E-state index is 11.7. The second-order valence-electron chi connectivity index (χ2n) is 3.31. The number of rotatable bonds is 3. The minimum atomic E-state index is -0.949. The quantitative estimate of drug-likeness (QED) is 0.672. The van der Waals surface area contributed by atoms with E-state index in [-0.39, 0.29) is 5.91 Å². The Hall–Kier alpha value is -1.08. The first-order valence-electron chi connectivity index (χ1n) is 4.59. The molecule has 0 radical (unpaired) electrons. The lowest BCUT2D eigenvalue weighted by molar-refractivity contribution is -0.131. The van der Waals surface area contributed by atoms with Gasteiger partial charge in [0.2, 0.25) is 0 Å². The molecule has 1 aliphatic heterocycles. The Morgan fingerprint density at radius 2 is 2.46 bits per heavy atom. The van der Waals surface area contributed by atoms with E-state index in [2.05, 4.69) is 11.4 Å². The van der Waals surface area contributed by atoms with Crippen molar-refractivity contribution in [1.29, 1.82) is 5.26 Å². The SMILES string of the molecule is CCCN1CCC(C#N)(NC)C1=O. The van der Waals surface area contributed by atoms with Gasteiger partial charge in [-0.15, -0.1) is 0 Å². The molecule has 1 fully saturated rings. The highest BCUT2D eigenvalue weighted by Crippen LogP contribution is 2.21. The van der Waals surface area contributed by atoms with Gasteiger partial charge < -0.3 is 4.90 Å². The lowest BCUT2D eigenvalue weighted by atomic mass is 10.0. The third kappa shape index (κ3) is 1.52. The number of hydrogen-bond acceptors (Lipinski definition) is 3. The lowest BCUT2D eigenvalue weighted by Crippen LogP contribution is -2.49. The molecule has 0 bridgehead atoms. The summed E-state index contributed by atoms with van der Waals surface area (Å²) in [6, 6.07) is 2.06. The molecule has 1 unspecified atom stereocenters. The molecule has 4 heteroatoms. The number of likely N-dealkylation sites (N-methyl/N-ethyl adjacent to an activating group) is 1. The fraction of sp³-hybridized carbons (Fsp3) is 0.778. The van der Waals surface area contributed by atoms with E-state index >= 15 is 0 Å². The first kappa shape index (κ1) is 10.0. The van der Waals surface area contributed by atoms with E-state index in [0.717, 1.165) is 13.0 Å². The predicted molar refractivity (Wildman–Crippen MR) is 48.9 cm³/mol. The Labute approximate surface area is 78.5 Å². The van der Waals surface area contributed by atoms with Crippen molar-refractivity contribution in [3.8, 4) is 6.07 Å². The average Bonchev–Trinajstić information content (AvgIpc) is 2.46. The predicted octanol–water partition coefficient (Wildman–Crippen LogP) is 0.110. The summed E-state index contributed by atoms with van der Waals surface area (Å²) < 4.78 is 0. The van der Waals surface area contributed by atoms with Gasteiger partial charge in [0.25, 0.3) is 5.91 Å². The highest BCUT2D eigenvalue weighted by molar-refractivity contribution is 5.91. The molecule has 0 aromatic carbocycles. The molecule has 1 rings (SSSR count). The molecule has 1 saturated heterocycles. The molecule has 72 valence electrons. The standard InChI is InChI=1S/C9H15N3O/c1-3-5-12-6-4-9(7-10,11-2)8(12)13/h11H,3-6H2,1-2H3. The number of likely N-dealkylation sites (tertiary alicyclic amines) is 1. The summed E-state index contributed by atoms with van der Waals surface area (Å²) in [5, 5.41) is 11.7. The maximum atomic E-state index is 11.7. The number of nitrogens with zero attached hydrogens (tertiary/aromatic N) is 2. The normalized spacial score (nSPS) is 27.8. The molecule has 1 atom stereocenters. The van der Waals surface area contributed by atoms with E-state index < -0.39 is 5.54 Å². The number of carbonyl (C=O) groups excluding carboxylic acids is 1. The molecule has 13 heavy (non-hydrogen) atoms. The third-order valence-corrected chi connectivity index (χ3v) is 2.52. The van der Waals surface area contributed by atoms with E-state index in [1.165, 1.54) is 0 Å². The Morgan fingerprint density at radius 3 is 2.85 bits per heavy atom. The first-order valence-corrected chi connectivity index (χ1v) is 4.59. The third-order valence-electron chi connectivity index (χ3n) is 2.52. The molecular formula is C9H15N3O. The molecule has 0 aromatic heterocycles. The van der Waals surface area contributed by atoms with Gasteiger partial charge in [-0.25, -0.2) is 0 Å². The molecule has 4 nitrogen and oxygen atoms in total. The van der Waals surface area contributed by atoms with Gasteiger partial charge in [0.1, 0.15) is 0 Å². The van der Waals surface area contributed by atoms with Crippen molar-refractivity contribution in [1.82, 2.24) is 10.2 Å². The van der Waals surface area contributed by atoms with Crippen LogP contribution in [-0.2, 0) is 4.79 Å².